The Balaban J connectivity index is 2.46. The number of hydrogen-bond acceptors (Lipinski definition) is 5. The molecule has 1 fully saturated rings. The zero-order chi connectivity index (χ0) is 17.4. The molecule has 2 heterocycles. The van der Waals surface area contributed by atoms with Crippen molar-refractivity contribution in [2.45, 2.75) is 24.6 Å². The molecule has 0 saturated carbocycles. The molecular formula is C14H19FN2O5S. The van der Waals surface area contributed by atoms with Crippen LogP contribution in [0.15, 0.2) is 15.8 Å². The molecule has 0 aliphatic carbocycles. The first kappa shape index (κ1) is 17.7. The number of aromatic nitrogens is 2. The lowest BCUT2D eigenvalue weighted by molar-refractivity contribution is -0.0491. The number of aliphatic hydroxyl groups excluding tert-OH is 2. The summed E-state index contributed by atoms with van der Waals surface area (Å²) in [4.78, 5) is 25.8. The number of hydrogen-bond donors (Lipinski definition) is 3. The van der Waals surface area contributed by atoms with Crippen LogP contribution in [0.5, 0.6) is 0 Å². The van der Waals surface area contributed by atoms with E-state index in [9.17, 15) is 19.1 Å². The lowest BCUT2D eigenvalue weighted by Gasteiger charge is -2.16. The van der Waals surface area contributed by atoms with Gasteiger partial charge in [0.15, 0.2) is 12.4 Å². The monoisotopic (exact) mass is 346 g/mol. The molecule has 0 spiro atoms. The van der Waals surface area contributed by atoms with Gasteiger partial charge in [-0.1, -0.05) is 0 Å². The number of halogens is 1. The van der Waals surface area contributed by atoms with Crippen LogP contribution in [-0.4, -0.2) is 63.5 Å². The predicted molar refractivity (Wildman–Crippen MR) is 85.5 cm³/mol. The van der Waals surface area contributed by atoms with Crippen LogP contribution in [0.2, 0.25) is 0 Å². The molecule has 0 unspecified atom stereocenters. The van der Waals surface area contributed by atoms with Gasteiger partial charge in [-0.2, -0.15) is 10.0 Å². The highest BCUT2D eigenvalue weighted by molar-refractivity contribution is 8.35. The number of aromatic amines is 1. The fraction of sp³-hybridized carbons (Fsp3) is 0.571. The molecule has 1 aromatic rings. The van der Waals surface area contributed by atoms with E-state index in [-0.39, 0.29) is 5.56 Å². The van der Waals surface area contributed by atoms with Crippen LogP contribution in [-0.2, 0) is 4.74 Å². The molecular weight excluding hydrogens is 327 g/mol. The van der Waals surface area contributed by atoms with Crippen molar-refractivity contribution in [2.24, 2.45) is 0 Å². The summed E-state index contributed by atoms with van der Waals surface area (Å²) in [5.41, 5.74) is -1.54. The highest BCUT2D eigenvalue weighted by atomic mass is 32.3. The van der Waals surface area contributed by atoms with Crippen molar-refractivity contribution >= 4 is 10.0 Å². The number of nitrogens with zero attached hydrogens (tertiary/aromatic N) is 1. The average molecular weight is 346 g/mol. The maximum atomic E-state index is 14.1. The number of rotatable bonds is 2. The maximum Gasteiger partial charge on any atom is 0.330 e. The van der Waals surface area contributed by atoms with Gasteiger partial charge in [-0.05, 0) is 29.9 Å². The molecule has 128 valence electrons. The Labute approximate surface area is 133 Å². The van der Waals surface area contributed by atoms with Crippen LogP contribution in [0, 0.1) is 11.2 Å². The fourth-order valence-electron chi connectivity index (χ4n) is 2.05. The van der Waals surface area contributed by atoms with E-state index in [2.05, 4.69) is 16.2 Å². The van der Waals surface area contributed by atoms with Crippen molar-refractivity contribution in [3.8, 4) is 11.2 Å². The topological polar surface area (TPSA) is 105 Å². The van der Waals surface area contributed by atoms with Crippen LogP contribution in [0.1, 0.15) is 11.8 Å². The Hall–Kier alpha value is -1.60. The molecule has 0 aromatic carbocycles. The highest BCUT2D eigenvalue weighted by Crippen LogP contribution is 2.32. The fourth-order valence-corrected chi connectivity index (χ4v) is 2.47. The molecule has 2 rings (SSSR count). The van der Waals surface area contributed by atoms with E-state index in [1.54, 1.807) is 0 Å². The van der Waals surface area contributed by atoms with Gasteiger partial charge in [-0.25, -0.2) is 9.18 Å². The third-order valence-corrected chi connectivity index (χ3v) is 3.92. The first-order valence-electron chi connectivity index (χ1n) is 6.79. The van der Waals surface area contributed by atoms with Gasteiger partial charge in [-0.3, -0.25) is 14.3 Å². The average Bonchev–Trinajstić information content (AvgIpc) is 2.73. The minimum Gasteiger partial charge on any atom is -0.394 e. The van der Waals surface area contributed by atoms with Crippen molar-refractivity contribution in [2.75, 3.05) is 25.4 Å². The van der Waals surface area contributed by atoms with Gasteiger partial charge in [0, 0.05) is 6.20 Å². The first-order valence-corrected chi connectivity index (χ1v) is 9.65. The number of alkyl halides is 1. The molecule has 3 N–H and O–H groups in total. The molecule has 7 nitrogen and oxygen atoms in total. The second-order valence-corrected chi connectivity index (χ2v) is 9.83. The zero-order valence-electron chi connectivity index (χ0n) is 12.9. The quantitative estimate of drug-likeness (QED) is 0.604. The molecule has 9 heteroatoms. The summed E-state index contributed by atoms with van der Waals surface area (Å²) < 4.78 is 20.1. The zero-order valence-corrected chi connectivity index (χ0v) is 13.8. The maximum absolute atomic E-state index is 14.1. The number of H-pyrrole nitrogens is 1. The third kappa shape index (κ3) is 3.84. The van der Waals surface area contributed by atoms with E-state index in [4.69, 9.17) is 9.84 Å². The normalized spacial score (nSPS) is 28.3. The van der Waals surface area contributed by atoms with Crippen LogP contribution < -0.4 is 11.2 Å². The Bertz CT molecular complexity index is 757. The summed E-state index contributed by atoms with van der Waals surface area (Å²) in [6.07, 6.45) is 0.875. The summed E-state index contributed by atoms with van der Waals surface area (Å²) in [6.45, 7) is -0.587. The summed E-state index contributed by atoms with van der Waals surface area (Å²) in [5, 5.41) is 21.6. The number of nitrogens with one attached hydrogen (secondary N) is 1. The molecule has 4 atom stereocenters. The van der Waals surface area contributed by atoms with Crippen molar-refractivity contribution in [3.63, 3.8) is 0 Å². The molecule has 23 heavy (non-hydrogen) atoms. The van der Waals surface area contributed by atoms with E-state index < -0.39 is 52.5 Å². The van der Waals surface area contributed by atoms with Crippen LogP contribution in [0.25, 0.3) is 0 Å². The molecule has 1 aliphatic heterocycles. The second kappa shape index (κ2) is 6.49. The first-order chi connectivity index (χ1) is 10.6. The van der Waals surface area contributed by atoms with Gasteiger partial charge in [-0.15, -0.1) is 0 Å². The van der Waals surface area contributed by atoms with E-state index in [1.165, 1.54) is 0 Å². The van der Waals surface area contributed by atoms with E-state index in [0.29, 0.717) is 0 Å². The standard InChI is InChI=1S/C14H19FN2O5S/c1-23(2,3)5-4-8-6-17(14(21)16-12(8)20)13-10(15)11(19)9(7-18)22-13/h6,9-11,13,18-19H,7H2,1-3H3,(H,16,20,21)/t9-,10+,11-,13-/m1/s1. The Morgan fingerprint density at radius 3 is 2.61 bits per heavy atom. The molecule has 1 aromatic heterocycles. The molecule has 0 bridgehead atoms. The summed E-state index contributed by atoms with van der Waals surface area (Å²) in [6, 6.07) is 0. The van der Waals surface area contributed by atoms with E-state index >= 15 is 0 Å². The molecule has 1 saturated heterocycles. The van der Waals surface area contributed by atoms with Crippen LogP contribution in [0.4, 0.5) is 4.39 Å². The van der Waals surface area contributed by atoms with Crippen molar-refractivity contribution in [1.29, 1.82) is 0 Å². The minimum atomic E-state index is -1.91. The van der Waals surface area contributed by atoms with Gasteiger partial charge >= 0.3 is 5.69 Å². The van der Waals surface area contributed by atoms with Gasteiger partial charge in [0.1, 0.15) is 17.8 Å². The lowest BCUT2D eigenvalue weighted by atomic mass is 10.1. The van der Waals surface area contributed by atoms with Gasteiger partial charge in [0.05, 0.1) is 6.61 Å². The van der Waals surface area contributed by atoms with Gasteiger partial charge in [0.25, 0.3) is 5.56 Å². The van der Waals surface area contributed by atoms with Crippen molar-refractivity contribution in [3.05, 3.63) is 32.6 Å². The van der Waals surface area contributed by atoms with E-state index in [0.717, 1.165) is 10.8 Å². The SMILES string of the molecule is CS(C)(C)C#Cc1cn([C@@H]2O[C@H](CO)[C@@H](O)[C@@H]2F)c(=O)[nH]c1=O. The largest absolute Gasteiger partial charge is 0.394 e. The van der Waals surface area contributed by atoms with Crippen molar-refractivity contribution in [1.82, 2.24) is 9.55 Å². The van der Waals surface area contributed by atoms with Crippen molar-refractivity contribution < 1.29 is 19.3 Å². The van der Waals surface area contributed by atoms with Crippen LogP contribution in [0.3, 0.4) is 0 Å². The second-order valence-electron chi connectivity index (χ2n) is 5.96. The number of aliphatic hydroxyl groups is 2. The molecule has 0 amide bonds. The Kier molecular flexibility index (Phi) is 5.01. The predicted octanol–water partition coefficient (Wildman–Crippen LogP) is -0.872. The summed E-state index contributed by atoms with van der Waals surface area (Å²) >= 11 is 0. The smallest absolute Gasteiger partial charge is 0.330 e. The highest BCUT2D eigenvalue weighted by Gasteiger charge is 2.45. The van der Waals surface area contributed by atoms with E-state index in [1.807, 2.05) is 18.8 Å². The van der Waals surface area contributed by atoms with Gasteiger partial charge < -0.3 is 14.9 Å². The summed E-state index contributed by atoms with van der Waals surface area (Å²) in [7, 11) is -1.19. The van der Waals surface area contributed by atoms with Crippen LogP contribution >= 0.6 is 10.0 Å². The third-order valence-electron chi connectivity index (χ3n) is 3.21. The molecule has 0 radical (unpaired) electrons. The Morgan fingerprint density at radius 2 is 2.09 bits per heavy atom. The van der Waals surface area contributed by atoms with Gasteiger partial charge in [0.2, 0.25) is 0 Å². The summed E-state index contributed by atoms with van der Waals surface area (Å²) in [5.74, 6) is 2.69. The minimum absolute atomic E-state index is 0.00441. The lowest BCUT2D eigenvalue weighted by Crippen LogP contribution is -2.37. The Morgan fingerprint density at radius 1 is 1.43 bits per heavy atom. The molecule has 1 aliphatic rings. The number of ether oxygens (including phenoxy) is 1.